The summed E-state index contributed by atoms with van der Waals surface area (Å²) in [5, 5.41) is 0.731. The van der Waals surface area contributed by atoms with E-state index in [0.717, 1.165) is 28.3 Å². The van der Waals surface area contributed by atoms with Crippen molar-refractivity contribution < 1.29 is 4.79 Å². The fourth-order valence-corrected chi connectivity index (χ4v) is 3.10. The summed E-state index contributed by atoms with van der Waals surface area (Å²) in [5.41, 5.74) is 2.97. The summed E-state index contributed by atoms with van der Waals surface area (Å²) in [6.07, 6.45) is 2.53. The van der Waals surface area contributed by atoms with Gasteiger partial charge < -0.3 is 4.90 Å². The third-order valence-electron chi connectivity index (χ3n) is 3.99. The number of hydrogen-bond acceptors (Lipinski definition) is 1. The summed E-state index contributed by atoms with van der Waals surface area (Å²) in [7, 11) is 0. The quantitative estimate of drug-likeness (QED) is 0.784. The number of aryl methyl sites for hydroxylation is 1. The van der Waals surface area contributed by atoms with Crippen LogP contribution in [0.5, 0.6) is 0 Å². The van der Waals surface area contributed by atoms with Gasteiger partial charge in [-0.15, -0.1) is 0 Å². The first-order valence-corrected chi connectivity index (χ1v) is 7.55. The molecule has 1 aliphatic heterocycles. The average Bonchev–Trinajstić information content (AvgIpc) is 3.16. The molecule has 1 aromatic rings. The minimum Gasteiger partial charge on any atom is -0.331 e. The molecule has 1 atom stereocenters. The van der Waals surface area contributed by atoms with Crippen molar-refractivity contribution in [3.05, 3.63) is 33.8 Å². The maximum atomic E-state index is 12.4. The van der Waals surface area contributed by atoms with Crippen LogP contribution in [0.15, 0.2) is 12.1 Å². The normalized spacial score (nSPS) is 18.8. The van der Waals surface area contributed by atoms with E-state index in [2.05, 4.69) is 6.92 Å². The summed E-state index contributed by atoms with van der Waals surface area (Å²) in [6.45, 7) is 8.86. The number of rotatable bonds is 2. The smallest absolute Gasteiger partial charge is 0.255 e. The van der Waals surface area contributed by atoms with Gasteiger partial charge in [-0.2, -0.15) is 0 Å². The Morgan fingerprint density at radius 1 is 1.32 bits per heavy atom. The van der Waals surface area contributed by atoms with Crippen molar-refractivity contribution in [2.75, 3.05) is 0 Å². The van der Waals surface area contributed by atoms with Crippen LogP contribution < -0.4 is 0 Å². The van der Waals surface area contributed by atoms with Gasteiger partial charge in [0.05, 0.1) is 0 Å². The Balaban J connectivity index is 0.000000637. The minimum absolute atomic E-state index is 0.188. The Kier molecular flexibility index (Phi) is 4.19. The highest BCUT2D eigenvalue weighted by Gasteiger charge is 2.39. The van der Waals surface area contributed by atoms with Crippen LogP contribution in [0.4, 0.5) is 0 Å². The molecule has 0 radical (unpaired) electrons. The molecule has 3 heteroatoms. The van der Waals surface area contributed by atoms with Gasteiger partial charge in [-0.05, 0) is 55.9 Å². The van der Waals surface area contributed by atoms with Gasteiger partial charge in [0.25, 0.3) is 5.91 Å². The van der Waals surface area contributed by atoms with Gasteiger partial charge in [-0.25, -0.2) is 0 Å². The van der Waals surface area contributed by atoms with E-state index in [1.807, 2.05) is 37.8 Å². The molecule has 2 aliphatic rings. The Morgan fingerprint density at radius 3 is 2.53 bits per heavy atom. The largest absolute Gasteiger partial charge is 0.331 e. The van der Waals surface area contributed by atoms with Crippen molar-refractivity contribution in [2.45, 2.75) is 53.1 Å². The van der Waals surface area contributed by atoms with Gasteiger partial charge >= 0.3 is 0 Å². The standard InChI is InChI=1S/C14H16ClNO.C2H6/c1-8-5-12(15)6-11-7-16(14(17)13(8)11)9(2)10-3-4-10;1-2/h5-6,9-10H,3-4,7H2,1-2H3;1-2H3. The maximum Gasteiger partial charge on any atom is 0.255 e. The summed E-state index contributed by atoms with van der Waals surface area (Å²) in [5.74, 6) is 0.901. The molecule has 1 heterocycles. The van der Waals surface area contributed by atoms with E-state index >= 15 is 0 Å². The van der Waals surface area contributed by atoms with Crippen molar-refractivity contribution in [1.29, 1.82) is 0 Å². The SMILES string of the molecule is CC.Cc1cc(Cl)cc2c1C(=O)N(C(C)C1CC1)C2. The fraction of sp³-hybridized carbons (Fsp3) is 0.562. The zero-order valence-electron chi connectivity index (χ0n) is 12.2. The highest BCUT2D eigenvalue weighted by Crippen LogP contribution is 2.39. The van der Waals surface area contributed by atoms with Crippen LogP contribution in [0.25, 0.3) is 0 Å². The molecule has 0 aromatic heterocycles. The van der Waals surface area contributed by atoms with Crippen molar-refractivity contribution in [3.63, 3.8) is 0 Å². The number of nitrogens with zero attached hydrogens (tertiary/aromatic N) is 1. The highest BCUT2D eigenvalue weighted by molar-refractivity contribution is 6.31. The Morgan fingerprint density at radius 2 is 1.95 bits per heavy atom. The van der Waals surface area contributed by atoms with Crippen molar-refractivity contribution in [3.8, 4) is 0 Å². The predicted octanol–water partition coefficient (Wildman–Crippen LogP) is 4.43. The van der Waals surface area contributed by atoms with Gasteiger partial charge in [-0.3, -0.25) is 4.79 Å². The van der Waals surface area contributed by atoms with Crippen LogP contribution >= 0.6 is 11.6 Å². The average molecular weight is 280 g/mol. The second kappa shape index (κ2) is 5.54. The molecule has 2 nitrogen and oxygen atoms in total. The second-order valence-electron chi connectivity index (χ2n) is 5.27. The number of fused-ring (bicyclic) bond motifs is 1. The van der Waals surface area contributed by atoms with E-state index in [4.69, 9.17) is 11.6 Å². The first kappa shape index (κ1) is 14.4. The van der Waals surface area contributed by atoms with Gasteiger partial charge in [-0.1, -0.05) is 25.4 Å². The van der Waals surface area contributed by atoms with E-state index in [1.54, 1.807) is 0 Å². The zero-order chi connectivity index (χ0) is 14.2. The monoisotopic (exact) mass is 279 g/mol. The maximum absolute atomic E-state index is 12.4. The number of amides is 1. The van der Waals surface area contributed by atoms with Gasteiger partial charge in [0.15, 0.2) is 0 Å². The van der Waals surface area contributed by atoms with Crippen LogP contribution in [0, 0.1) is 12.8 Å². The van der Waals surface area contributed by atoms with Crippen LogP contribution in [-0.4, -0.2) is 16.8 Å². The summed E-state index contributed by atoms with van der Waals surface area (Å²) >= 11 is 6.05. The van der Waals surface area contributed by atoms with Gasteiger partial charge in [0.1, 0.15) is 0 Å². The summed E-state index contributed by atoms with van der Waals surface area (Å²) < 4.78 is 0. The van der Waals surface area contributed by atoms with Crippen LogP contribution in [0.1, 0.15) is 55.1 Å². The molecule has 3 rings (SSSR count). The molecule has 1 aromatic carbocycles. The van der Waals surface area contributed by atoms with E-state index in [1.165, 1.54) is 12.8 Å². The lowest BCUT2D eigenvalue weighted by Crippen LogP contribution is -2.34. The molecular formula is C16H22ClNO. The number of carbonyl (C=O) groups is 1. The molecule has 0 spiro atoms. The molecule has 19 heavy (non-hydrogen) atoms. The first-order chi connectivity index (χ1) is 9.08. The lowest BCUT2D eigenvalue weighted by atomic mass is 10.0. The number of benzene rings is 1. The minimum atomic E-state index is 0.188. The van der Waals surface area contributed by atoms with Gasteiger partial charge in [0, 0.05) is 23.2 Å². The van der Waals surface area contributed by atoms with Crippen molar-refractivity contribution in [2.24, 2.45) is 5.92 Å². The molecule has 0 saturated heterocycles. The van der Waals surface area contributed by atoms with E-state index < -0.39 is 0 Å². The second-order valence-corrected chi connectivity index (χ2v) is 5.70. The zero-order valence-corrected chi connectivity index (χ0v) is 12.9. The molecule has 1 unspecified atom stereocenters. The Hall–Kier alpha value is -1.02. The first-order valence-electron chi connectivity index (χ1n) is 7.18. The third kappa shape index (κ3) is 2.64. The lowest BCUT2D eigenvalue weighted by Gasteiger charge is -2.24. The Bertz CT molecular complexity index is 494. The predicted molar refractivity (Wildman–Crippen MR) is 79.6 cm³/mol. The molecule has 0 bridgehead atoms. The number of halogens is 1. The number of hydrogen-bond donors (Lipinski definition) is 0. The highest BCUT2D eigenvalue weighted by atomic mass is 35.5. The molecule has 1 aliphatic carbocycles. The van der Waals surface area contributed by atoms with Crippen molar-refractivity contribution >= 4 is 17.5 Å². The molecule has 104 valence electrons. The fourth-order valence-electron chi connectivity index (χ4n) is 2.80. The molecular weight excluding hydrogens is 258 g/mol. The summed E-state index contributed by atoms with van der Waals surface area (Å²) in [6, 6.07) is 4.18. The molecule has 1 saturated carbocycles. The molecule has 0 N–H and O–H groups in total. The van der Waals surface area contributed by atoms with E-state index in [9.17, 15) is 4.79 Å². The van der Waals surface area contributed by atoms with E-state index in [0.29, 0.717) is 12.0 Å². The number of carbonyl (C=O) groups excluding carboxylic acids is 1. The third-order valence-corrected chi connectivity index (χ3v) is 4.21. The van der Waals surface area contributed by atoms with E-state index in [-0.39, 0.29) is 5.91 Å². The van der Waals surface area contributed by atoms with Crippen molar-refractivity contribution in [1.82, 2.24) is 4.90 Å². The lowest BCUT2D eigenvalue weighted by molar-refractivity contribution is 0.0697. The molecule has 1 amide bonds. The summed E-state index contributed by atoms with van der Waals surface area (Å²) in [4.78, 5) is 14.4. The van der Waals surface area contributed by atoms with Crippen LogP contribution in [0.2, 0.25) is 5.02 Å². The van der Waals surface area contributed by atoms with Crippen LogP contribution in [-0.2, 0) is 6.54 Å². The van der Waals surface area contributed by atoms with Crippen LogP contribution in [0.3, 0.4) is 0 Å². The van der Waals surface area contributed by atoms with Gasteiger partial charge in [0.2, 0.25) is 0 Å². The molecule has 1 fully saturated rings. The Labute approximate surface area is 120 Å². The topological polar surface area (TPSA) is 20.3 Å².